The second-order valence-electron chi connectivity index (χ2n) is 4.90. The molecule has 1 aliphatic heterocycles. The number of halogens is 1. The molecule has 1 rings (SSSR count). The third-order valence-electron chi connectivity index (χ3n) is 2.51. The summed E-state index contributed by atoms with van der Waals surface area (Å²) in [6.07, 6.45) is 1.29. The molecule has 1 aliphatic rings. The molecule has 0 aliphatic carbocycles. The van der Waals surface area contributed by atoms with Crippen LogP contribution < -0.4 is 0 Å². The average Bonchev–Trinajstić information content (AvgIpc) is 1.79. The largest absolute Gasteiger partial charge is 0.460 e. The lowest BCUT2D eigenvalue weighted by Gasteiger charge is -2.39. The van der Waals surface area contributed by atoms with Gasteiger partial charge in [0.1, 0.15) is 5.60 Å². The van der Waals surface area contributed by atoms with Crippen LogP contribution in [0.15, 0.2) is 0 Å². The number of carbonyl (C=O) groups excluding carboxylic acids is 1. The first-order valence-corrected chi connectivity index (χ1v) is 4.99. The summed E-state index contributed by atoms with van der Waals surface area (Å²) in [4.78, 5) is 10.9. The molecule has 1 saturated heterocycles. The predicted octanol–water partition coefficient (Wildman–Crippen LogP) is 2.74. The van der Waals surface area contributed by atoms with E-state index in [1.807, 2.05) is 27.7 Å². The smallest absolute Gasteiger partial charge is 0.306 e. The molecule has 2 nitrogen and oxygen atoms in total. The van der Waals surface area contributed by atoms with Gasteiger partial charge in [0.25, 0.3) is 0 Å². The Labute approximate surface area is 84.6 Å². The van der Waals surface area contributed by atoms with E-state index >= 15 is 0 Å². The summed E-state index contributed by atoms with van der Waals surface area (Å²) in [6.45, 7) is 7.77. The number of ether oxygens (including phenoxy) is 1. The molecule has 3 heteroatoms. The summed E-state index contributed by atoms with van der Waals surface area (Å²) in [7, 11) is 0. The Kier molecular flexibility index (Phi) is 2.63. The van der Waals surface area contributed by atoms with Crippen LogP contribution in [0.5, 0.6) is 0 Å². The minimum atomic E-state index is -0.355. The van der Waals surface area contributed by atoms with Gasteiger partial charge in [0.2, 0.25) is 0 Å². The lowest BCUT2D eigenvalue weighted by Crippen LogP contribution is -2.42. The van der Waals surface area contributed by atoms with Gasteiger partial charge in [-0.2, -0.15) is 0 Å². The zero-order chi connectivity index (χ0) is 10.3. The van der Waals surface area contributed by atoms with Crippen molar-refractivity contribution >= 4 is 17.6 Å². The molecule has 1 atom stereocenters. The van der Waals surface area contributed by atoms with Crippen LogP contribution in [0, 0.1) is 5.92 Å². The fourth-order valence-electron chi connectivity index (χ4n) is 1.74. The number of hydrogen-bond donors (Lipinski definition) is 0. The van der Waals surface area contributed by atoms with E-state index in [1.54, 1.807) is 0 Å². The first kappa shape index (κ1) is 10.8. The van der Waals surface area contributed by atoms with E-state index in [4.69, 9.17) is 16.3 Å². The van der Waals surface area contributed by atoms with Gasteiger partial charge in [-0.05, 0) is 40.0 Å². The van der Waals surface area contributed by atoms with Gasteiger partial charge in [-0.15, -0.1) is 11.6 Å². The van der Waals surface area contributed by atoms with Gasteiger partial charge >= 0.3 is 5.97 Å². The molecular weight excluding hydrogens is 188 g/mol. The maximum Gasteiger partial charge on any atom is 0.306 e. The van der Waals surface area contributed by atoms with Crippen molar-refractivity contribution < 1.29 is 9.53 Å². The van der Waals surface area contributed by atoms with Crippen LogP contribution in [0.2, 0.25) is 0 Å². The van der Waals surface area contributed by atoms with Gasteiger partial charge in [-0.25, -0.2) is 0 Å². The summed E-state index contributed by atoms with van der Waals surface area (Å²) in [5.74, 6) is 0.0837. The van der Waals surface area contributed by atoms with Crippen molar-refractivity contribution in [3.05, 3.63) is 0 Å². The van der Waals surface area contributed by atoms with Crippen LogP contribution in [-0.2, 0) is 9.53 Å². The highest BCUT2D eigenvalue weighted by Gasteiger charge is 2.40. The molecule has 0 spiro atoms. The van der Waals surface area contributed by atoms with E-state index in [0.717, 1.165) is 6.42 Å². The molecule has 76 valence electrons. The molecule has 13 heavy (non-hydrogen) atoms. The molecule has 0 aromatic heterocycles. The minimum absolute atomic E-state index is 0.130. The van der Waals surface area contributed by atoms with E-state index < -0.39 is 0 Å². The molecular formula is C10H17ClO2. The highest BCUT2D eigenvalue weighted by molar-refractivity contribution is 6.23. The third kappa shape index (κ3) is 2.87. The summed E-state index contributed by atoms with van der Waals surface area (Å²) < 4.78 is 5.20. The molecule has 0 aromatic carbocycles. The second-order valence-corrected chi connectivity index (χ2v) is 5.88. The van der Waals surface area contributed by atoms with Crippen molar-refractivity contribution in [3.63, 3.8) is 0 Å². The number of hydrogen-bond acceptors (Lipinski definition) is 2. The molecule has 0 aromatic rings. The van der Waals surface area contributed by atoms with Crippen LogP contribution in [0.4, 0.5) is 0 Å². The maximum absolute atomic E-state index is 11.3. The Bertz CT molecular complexity index is 215. The lowest BCUT2D eigenvalue weighted by atomic mass is 9.80. The van der Waals surface area contributed by atoms with Crippen LogP contribution in [0.25, 0.3) is 0 Å². The van der Waals surface area contributed by atoms with Crippen molar-refractivity contribution in [2.45, 2.75) is 51.0 Å². The zero-order valence-corrected chi connectivity index (χ0v) is 9.44. The first-order chi connectivity index (χ1) is 5.71. The number of carbonyl (C=O) groups is 1. The Morgan fingerprint density at radius 1 is 1.54 bits per heavy atom. The number of cyclic esters (lactones) is 1. The van der Waals surface area contributed by atoms with E-state index in [2.05, 4.69) is 0 Å². The molecule has 1 unspecified atom stereocenters. The molecule has 1 heterocycles. The Morgan fingerprint density at radius 3 is 2.46 bits per heavy atom. The number of esters is 1. The van der Waals surface area contributed by atoms with E-state index in [1.165, 1.54) is 0 Å². The Hall–Kier alpha value is -0.240. The van der Waals surface area contributed by atoms with E-state index in [0.29, 0.717) is 6.42 Å². The van der Waals surface area contributed by atoms with Gasteiger partial charge in [0.15, 0.2) is 0 Å². The summed E-state index contributed by atoms with van der Waals surface area (Å²) >= 11 is 6.20. The second kappa shape index (κ2) is 3.16. The summed E-state index contributed by atoms with van der Waals surface area (Å²) in [5, 5.41) is 0. The quantitative estimate of drug-likeness (QED) is 0.485. The van der Waals surface area contributed by atoms with Crippen LogP contribution in [-0.4, -0.2) is 16.4 Å². The number of rotatable bonds is 1. The van der Waals surface area contributed by atoms with Crippen LogP contribution in [0.1, 0.15) is 40.5 Å². The van der Waals surface area contributed by atoms with Crippen LogP contribution in [0.3, 0.4) is 0 Å². The maximum atomic E-state index is 11.3. The van der Waals surface area contributed by atoms with Gasteiger partial charge in [-0.1, -0.05) is 0 Å². The normalized spacial score (nSPS) is 28.4. The molecule has 0 saturated carbocycles. The monoisotopic (exact) mass is 204 g/mol. The van der Waals surface area contributed by atoms with Gasteiger partial charge in [0.05, 0.1) is 6.42 Å². The summed E-state index contributed by atoms with van der Waals surface area (Å²) in [6, 6.07) is 0. The lowest BCUT2D eigenvalue weighted by molar-refractivity contribution is -0.167. The Morgan fingerprint density at radius 2 is 2.08 bits per heavy atom. The SMILES string of the molecule is CC1(C)CC(C(C)(C)Cl)CC(=O)O1. The van der Waals surface area contributed by atoms with Gasteiger partial charge in [0, 0.05) is 4.87 Å². The van der Waals surface area contributed by atoms with E-state index in [9.17, 15) is 4.79 Å². The van der Waals surface area contributed by atoms with Crippen molar-refractivity contribution in [2.24, 2.45) is 5.92 Å². The fourth-order valence-corrected chi connectivity index (χ4v) is 1.90. The Balaban J connectivity index is 2.74. The molecule has 0 radical (unpaired) electrons. The molecule has 0 bridgehead atoms. The molecule has 1 fully saturated rings. The fraction of sp³-hybridized carbons (Fsp3) is 0.900. The van der Waals surface area contributed by atoms with Crippen molar-refractivity contribution in [2.75, 3.05) is 0 Å². The standard InChI is InChI=1S/C10H17ClO2/c1-9(2)6-7(10(3,4)11)5-8(12)13-9/h7H,5-6H2,1-4H3. The van der Waals surface area contributed by atoms with Crippen LogP contribution >= 0.6 is 11.6 Å². The number of alkyl halides is 1. The highest BCUT2D eigenvalue weighted by Crippen LogP contribution is 2.38. The molecule has 0 amide bonds. The van der Waals surface area contributed by atoms with Crippen molar-refractivity contribution in [1.29, 1.82) is 0 Å². The minimum Gasteiger partial charge on any atom is -0.460 e. The van der Waals surface area contributed by atoms with Crippen molar-refractivity contribution in [3.8, 4) is 0 Å². The average molecular weight is 205 g/mol. The predicted molar refractivity (Wildman–Crippen MR) is 52.8 cm³/mol. The zero-order valence-electron chi connectivity index (χ0n) is 8.69. The third-order valence-corrected chi connectivity index (χ3v) is 2.82. The van der Waals surface area contributed by atoms with Gasteiger partial charge in [-0.3, -0.25) is 4.79 Å². The summed E-state index contributed by atoms with van der Waals surface area (Å²) in [5.41, 5.74) is -0.355. The van der Waals surface area contributed by atoms with Crippen molar-refractivity contribution in [1.82, 2.24) is 0 Å². The topological polar surface area (TPSA) is 26.3 Å². The van der Waals surface area contributed by atoms with Gasteiger partial charge < -0.3 is 4.74 Å². The first-order valence-electron chi connectivity index (χ1n) is 4.61. The van der Waals surface area contributed by atoms with E-state index in [-0.39, 0.29) is 22.4 Å². The highest BCUT2D eigenvalue weighted by atomic mass is 35.5. The molecule has 0 N–H and O–H groups in total.